The van der Waals surface area contributed by atoms with Crippen LogP contribution in [0.1, 0.15) is 5.56 Å². The molecule has 0 unspecified atom stereocenters. The first-order valence-corrected chi connectivity index (χ1v) is 13.8. The number of benzene rings is 3. The second-order valence-corrected chi connectivity index (χ2v) is 10.5. The van der Waals surface area contributed by atoms with Gasteiger partial charge in [0.2, 0.25) is 5.91 Å². The number of anilines is 1. The standard InChI is InChI=1S/C30H33ClN4O4/c31-26-17-20(1-4-28(26)39-14-7-34-5-10-37-11-6-34)21-15-22(18-29(32)36)30-25(16-21)24-3-2-23(19-27(24)33-30)35-8-12-38-13-9-35/h1-4,15-17,19,33H,5-14,18H2,(H2,32,36). The summed E-state index contributed by atoms with van der Waals surface area (Å²) in [5, 5.41) is 2.71. The number of carbonyl (C=O) groups is 1. The predicted molar refractivity (Wildman–Crippen MR) is 155 cm³/mol. The zero-order chi connectivity index (χ0) is 26.8. The van der Waals surface area contributed by atoms with E-state index in [0.29, 0.717) is 17.4 Å². The highest BCUT2D eigenvalue weighted by Crippen LogP contribution is 2.37. The molecule has 1 aromatic heterocycles. The molecule has 2 aliphatic heterocycles. The van der Waals surface area contributed by atoms with Crippen molar-refractivity contribution in [3.63, 3.8) is 0 Å². The minimum absolute atomic E-state index is 0.143. The summed E-state index contributed by atoms with van der Waals surface area (Å²) in [7, 11) is 0. The third-order valence-corrected chi connectivity index (χ3v) is 7.84. The van der Waals surface area contributed by atoms with E-state index in [-0.39, 0.29) is 12.3 Å². The maximum absolute atomic E-state index is 12.0. The van der Waals surface area contributed by atoms with Crippen LogP contribution in [-0.4, -0.2) is 81.5 Å². The molecule has 2 saturated heterocycles. The van der Waals surface area contributed by atoms with Crippen LogP contribution in [0.15, 0.2) is 48.5 Å². The molecule has 0 radical (unpaired) electrons. The number of halogens is 1. The minimum Gasteiger partial charge on any atom is -0.491 e. The van der Waals surface area contributed by atoms with Gasteiger partial charge >= 0.3 is 0 Å². The first kappa shape index (κ1) is 26.0. The lowest BCUT2D eigenvalue weighted by Gasteiger charge is -2.28. The summed E-state index contributed by atoms with van der Waals surface area (Å²) >= 11 is 6.66. The van der Waals surface area contributed by atoms with Crippen molar-refractivity contribution in [3.05, 3.63) is 59.1 Å². The van der Waals surface area contributed by atoms with Crippen LogP contribution in [0.3, 0.4) is 0 Å². The molecular formula is C30H33ClN4O4. The molecule has 3 heterocycles. The van der Waals surface area contributed by atoms with Gasteiger partial charge in [-0.1, -0.05) is 23.7 Å². The highest BCUT2D eigenvalue weighted by molar-refractivity contribution is 6.32. The molecule has 0 bridgehead atoms. The average molecular weight is 549 g/mol. The van der Waals surface area contributed by atoms with Gasteiger partial charge in [-0.05, 0) is 53.1 Å². The van der Waals surface area contributed by atoms with Crippen molar-refractivity contribution in [2.45, 2.75) is 6.42 Å². The number of aromatic nitrogens is 1. The molecule has 6 rings (SSSR count). The fourth-order valence-corrected chi connectivity index (χ4v) is 5.72. The van der Waals surface area contributed by atoms with E-state index in [4.69, 9.17) is 31.5 Å². The Morgan fingerprint density at radius 1 is 0.923 bits per heavy atom. The van der Waals surface area contributed by atoms with Crippen LogP contribution in [0, 0.1) is 0 Å². The molecule has 3 N–H and O–H groups in total. The summed E-state index contributed by atoms with van der Waals surface area (Å²) in [4.78, 5) is 20.2. The Morgan fingerprint density at radius 3 is 2.44 bits per heavy atom. The average Bonchev–Trinajstić information content (AvgIpc) is 3.33. The van der Waals surface area contributed by atoms with Gasteiger partial charge in [0.25, 0.3) is 0 Å². The van der Waals surface area contributed by atoms with Gasteiger partial charge < -0.3 is 29.8 Å². The first-order valence-electron chi connectivity index (χ1n) is 13.5. The number of nitrogens with one attached hydrogen (secondary N) is 1. The zero-order valence-electron chi connectivity index (χ0n) is 21.9. The number of amides is 1. The number of morpholine rings is 2. The van der Waals surface area contributed by atoms with Gasteiger partial charge in [-0.3, -0.25) is 9.69 Å². The molecule has 2 fully saturated rings. The molecule has 0 aliphatic carbocycles. The van der Waals surface area contributed by atoms with E-state index in [1.54, 1.807) is 0 Å². The van der Waals surface area contributed by atoms with Crippen molar-refractivity contribution in [2.75, 3.05) is 70.7 Å². The van der Waals surface area contributed by atoms with Gasteiger partial charge in [0.1, 0.15) is 12.4 Å². The first-order chi connectivity index (χ1) is 19.0. The Morgan fingerprint density at radius 2 is 1.69 bits per heavy atom. The summed E-state index contributed by atoms with van der Waals surface area (Å²) in [5.41, 5.74) is 11.5. The lowest BCUT2D eigenvalue weighted by molar-refractivity contribution is -0.117. The van der Waals surface area contributed by atoms with Gasteiger partial charge in [0.05, 0.1) is 43.4 Å². The van der Waals surface area contributed by atoms with E-state index in [2.05, 4.69) is 39.0 Å². The molecule has 3 aromatic carbocycles. The molecule has 204 valence electrons. The number of ether oxygens (including phenoxy) is 3. The number of H-pyrrole nitrogens is 1. The van der Waals surface area contributed by atoms with Crippen LogP contribution >= 0.6 is 11.6 Å². The lowest BCUT2D eigenvalue weighted by atomic mass is 9.97. The maximum Gasteiger partial charge on any atom is 0.221 e. The smallest absolute Gasteiger partial charge is 0.221 e. The molecule has 4 aromatic rings. The molecule has 8 nitrogen and oxygen atoms in total. The monoisotopic (exact) mass is 548 g/mol. The largest absolute Gasteiger partial charge is 0.491 e. The van der Waals surface area contributed by atoms with E-state index in [1.165, 1.54) is 0 Å². The molecule has 9 heteroatoms. The second-order valence-electron chi connectivity index (χ2n) is 10.1. The Bertz CT molecular complexity index is 1490. The number of hydrogen-bond donors (Lipinski definition) is 2. The van der Waals surface area contributed by atoms with Crippen LogP contribution in [0.2, 0.25) is 5.02 Å². The number of rotatable bonds is 8. The number of fused-ring (bicyclic) bond motifs is 3. The summed E-state index contributed by atoms with van der Waals surface area (Å²) in [6.45, 7) is 7.99. The molecule has 0 atom stereocenters. The van der Waals surface area contributed by atoms with E-state index in [0.717, 1.165) is 103 Å². The fraction of sp³-hybridized carbons (Fsp3) is 0.367. The minimum atomic E-state index is -0.372. The lowest BCUT2D eigenvalue weighted by Crippen LogP contribution is -2.38. The van der Waals surface area contributed by atoms with Gasteiger partial charge in [0.15, 0.2) is 0 Å². The SMILES string of the molecule is NC(=O)Cc1cc(-c2ccc(OCCN3CCOCC3)c(Cl)c2)cc2c1[nH]c1cc(N3CCOCC3)ccc12. The number of nitrogens with zero attached hydrogens (tertiary/aromatic N) is 2. The van der Waals surface area contributed by atoms with Crippen molar-refractivity contribution >= 4 is 45.0 Å². The van der Waals surface area contributed by atoms with Crippen LogP contribution in [0.25, 0.3) is 32.9 Å². The third kappa shape index (κ3) is 5.70. The number of hydrogen-bond acceptors (Lipinski definition) is 6. The summed E-state index contributed by atoms with van der Waals surface area (Å²) in [6.07, 6.45) is 0.143. The number of primary amides is 1. The molecule has 2 aliphatic rings. The number of carbonyl (C=O) groups excluding carboxylic acids is 1. The normalized spacial score (nSPS) is 16.7. The van der Waals surface area contributed by atoms with E-state index in [1.807, 2.05) is 24.3 Å². The second kappa shape index (κ2) is 11.4. The number of nitrogens with two attached hydrogens (primary N) is 1. The van der Waals surface area contributed by atoms with Crippen molar-refractivity contribution < 1.29 is 19.0 Å². The maximum atomic E-state index is 12.0. The van der Waals surface area contributed by atoms with Crippen LogP contribution in [0.5, 0.6) is 5.75 Å². The fourth-order valence-electron chi connectivity index (χ4n) is 5.49. The van der Waals surface area contributed by atoms with Crippen molar-refractivity contribution in [1.29, 1.82) is 0 Å². The highest BCUT2D eigenvalue weighted by Gasteiger charge is 2.17. The van der Waals surface area contributed by atoms with Crippen molar-refractivity contribution in [1.82, 2.24) is 9.88 Å². The quantitative estimate of drug-likeness (QED) is 0.342. The Balaban J connectivity index is 1.30. The molecule has 0 spiro atoms. The third-order valence-electron chi connectivity index (χ3n) is 7.55. The predicted octanol–water partition coefficient (Wildman–Crippen LogP) is 4.22. The summed E-state index contributed by atoms with van der Waals surface area (Å²) < 4.78 is 16.9. The van der Waals surface area contributed by atoms with E-state index in [9.17, 15) is 4.79 Å². The van der Waals surface area contributed by atoms with Crippen molar-refractivity contribution in [3.8, 4) is 16.9 Å². The van der Waals surface area contributed by atoms with Crippen LogP contribution in [-0.2, 0) is 20.7 Å². The van der Waals surface area contributed by atoms with Gasteiger partial charge in [-0.15, -0.1) is 0 Å². The summed E-state index contributed by atoms with van der Waals surface area (Å²) in [5.74, 6) is 0.290. The molecular weight excluding hydrogens is 516 g/mol. The van der Waals surface area contributed by atoms with Gasteiger partial charge in [-0.25, -0.2) is 0 Å². The molecule has 1 amide bonds. The zero-order valence-corrected chi connectivity index (χ0v) is 22.6. The van der Waals surface area contributed by atoms with E-state index < -0.39 is 0 Å². The highest BCUT2D eigenvalue weighted by atomic mass is 35.5. The van der Waals surface area contributed by atoms with Gasteiger partial charge in [-0.2, -0.15) is 0 Å². The number of aromatic amines is 1. The topological polar surface area (TPSA) is 93.1 Å². The van der Waals surface area contributed by atoms with Crippen LogP contribution < -0.4 is 15.4 Å². The Labute approximate surface area is 232 Å². The van der Waals surface area contributed by atoms with Crippen LogP contribution in [0.4, 0.5) is 5.69 Å². The molecule has 39 heavy (non-hydrogen) atoms. The Kier molecular flexibility index (Phi) is 7.61. The molecule has 0 saturated carbocycles. The Hall–Kier alpha value is -3.30. The summed E-state index contributed by atoms with van der Waals surface area (Å²) in [6, 6.07) is 16.5. The van der Waals surface area contributed by atoms with E-state index >= 15 is 0 Å². The van der Waals surface area contributed by atoms with Gasteiger partial charge in [0, 0.05) is 54.7 Å². The van der Waals surface area contributed by atoms with Crippen molar-refractivity contribution in [2.24, 2.45) is 5.73 Å².